The average Bonchev–Trinajstić information content (AvgIpc) is 3.51. The number of fused-ring (bicyclic) bond motifs is 5. The Hall–Kier alpha value is -2.09. The predicted octanol–water partition coefficient (Wildman–Crippen LogP) is 4.42. The molecule has 4 atom stereocenters. The van der Waals surface area contributed by atoms with Crippen LogP contribution in [-0.4, -0.2) is 60.9 Å². The van der Waals surface area contributed by atoms with Crippen LogP contribution in [0.2, 0.25) is 0 Å². The third-order valence-corrected chi connectivity index (χ3v) is 8.54. The van der Waals surface area contributed by atoms with Crippen LogP contribution in [0.25, 0.3) is 0 Å². The lowest BCUT2D eigenvalue weighted by Crippen LogP contribution is -2.46. The van der Waals surface area contributed by atoms with Crippen molar-refractivity contribution < 1.29 is 22.8 Å². The average molecular weight is 478 g/mol. The molecular formula is C26H34F3N3O2. The molecule has 8 heteroatoms. The van der Waals surface area contributed by atoms with E-state index in [9.17, 15) is 22.8 Å². The van der Waals surface area contributed by atoms with E-state index in [-0.39, 0.29) is 23.7 Å². The van der Waals surface area contributed by atoms with Crippen molar-refractivity contribution in [1.29, 1.82) is 0 Å². The van der Waals surface area contributed by atoms with Gasteiger partial charge in [-0.05, 0) is 68.7 Å². The van der Waals surface area contributed by atoms with Crippen molar-refractivity contribution in [3.05, 3.63) is 29.8 Å². The molecular weight excluding hydrogens is 443 g/mol. The van der Waals surface area contributed by atoms with Crippen LogP contribution in [0.1, 0.15) is 50.5 Å². The van der Waals surface area contributed by atoms with E-state index >= 15 is 0 Å². The number of halogens is 3. The second kappa shape index (κ2) is 9.51. The number of hydrogen-bond donors (Lipinski definition) is 0. The van der Waals surface area contributed by atoms with E-state index in [1.165, 1.54) is 12.1 Å². The van der Waals surface area contributed by atoms with Gasteiger partial charge in [0.25, 0.3) is 0 Å². The number of imide groups is 1. The minimum atomic E-state index is -4.31. The number of piperazine rings is 1. The van der Waals surface area contributed by atoms with E-state index in [1.807, 2.05) is 4.90 Å². The number of likely N-dealkylation sites (tertiary alicyclic amines) is 1. The van der Waals surface area contributed by atoms with Crippen molar-refractivity contribution in [2.24, 2.45) is 23.7 Å². The van der Waals surface area contributed by atoms with Crippen LogP contribution in [0.15, 0.2) is 24.3 Å². The molecule has 2 saturated heterocycles. The van der Waals surface area contributed by atoms with Gasteiger partial charge in [-0.2, -0.15) is 13.2 Å². The third-order valence-electron chi connectivity index (χ3n) is 8.54. The van der Waals surface area contributed by atoms with Crippen LogP contribution in [0, 0.1) is 23.7 Å². The summed E-state index contributed by atoms with van der Waals surface area (Å²) >= 11 is 0. The Bertz CT molecular complexity index is 885. The van der Waals surface area contributed by atoms with Crippen molar-refractivity contribution in [3.63, 3.8) is 0 Å². The van der Waals surface area contributed by atoms with Crippen LogP contribution in [0.4, 0.5) is 18.9 Å². The molecule has 5 nitrogen and oxygen atoms in total. The van der Waals surface area contributed by atoms with Gasteiger partial charge >= 0.3 is 6.18 Å². The summed E-state index contributed by atoms with van der Waals surface area (Å²) in [6.07, 6.45) is 2.99. The van der Waals surface area contributed by atoms with Crippen molar-refractivity contribution in [1.82, 2.24) is 9.80 Å². The highest BCUT2D eigenvalue weighted by molar-refractivity contribution is 6.06. The van der Waals surface area contributed by atoms with E-state index in [0.29, 0.717) is 24.1 Å². The van der Waals surface area contributed by atoms with Gasteiger partial charge in [-0.25, -0.2) is 0 Å². The highest BCUT2D eigenvalue weighted by Crippen LogP contribution is 2.56. The topological polar surface area (TPSA) is 43.9 Å². The lowest BCUT2D eigenvalue weighted by atomic mass is 9.81. The van der Waals surface area contributed by atoms with Gasteiger partial charge in [0.15, 0.2) is 0 Å². The van der Waals surface area contributed by atoms with Crippen LogP contribution in [-0.2, 0) is 15.8 Å². The molecule has 2 saturated carbocycles. The van der Waals surface area contributed by atoms with Gasteiger partial charge < -0.3 is 4.90 Å². The zero-order chi connectivity index (χ0) is 23.9. The first-order chi connectivity index (χ1) is 16.3. The van der Waals surface area contributed by atoms with E-state index in [0.717, 1.165) is 83.7 Å². The monoisotopic (exact) mass is 477 g/mol. The molecule has 0 unspecified atom stereocenters. The third kappa shape index (κ3) is 4.58. The molecule has 0 radical (unpaired) electrons. The molecule has 2 aliphatic heterocycles. The van der Waals surface area contributed by atoms with Gasteiger partial charge in [0.2, 0.25) is 11.8 Å². The molecule has 186 valence electrons. The van der Waals surface area contributed by atoms with Gasteiger partial charge in [-0.15, -0.1) is 0 Å². The molecule has 1 aromatic rings. The molecule has 4 aliphatic rings. The maximum atomic E-state index is 13.0. The van der Waals surface area contributed by atoms with Crippen molar-refractivity contribution >= 4 is 17.5 Å². The second-order valence-electron chi connectivity index (χ2n) is 10.5. The first kappa shape index (κ1) is 23.6. The van der Waals surface area contributed by atoms with Gasteiger partial charge in [0.1, 0.15) is 0 Å². The largest absolute Gasteiger partial charge is 0.416 e. The van der Waals surface area contributed by atoms with Crippen molar-refractivity contribution in [2.45, 2.75) is 51.1 Å². The number of nitrogens with zero attached hydrogens (tertiary/aromatic N) is 3. The molecule has 4 fully saturated rings. The molecule has 5 rings (SSSR count). The summed E-state index contributed by atoms with van der Waals surface area (Å²) in [5.41, 5.74) is 0.0398. The van der Waals surface area contributed by atoms with Gasteiger partial charge in [-0.3, -0.25) is 19.4 Å². The van der Waals surface area contributed by atoms with Crippen molar-refractivity contribution in [3.8, 4) is 0 Å². The maximum absolute atomic E-state index is 13.0. The molecule has 0 aromatic heterocycles. The Labute approximate surface area is 199 Å². The van der Waals surface area contributed by atoms with Crippen LogP contribution < -0.4 is 4.90 Å². The van der Waals surface area contributed by atoms with Crippen molar-refractivity contribution in [2.75, 3.05) is 44.2 Å². The predicted molar refractivity (Wildman–Crippen MR) is 123 cm³/mol. The molecule has 0 spiro atoms. The molecule has 2 bridgehead atoms. The number of unbranched alkanes of at least 4 members (excludes halogenated alkanes) is 3. The molecule has 1 aromatic carbocycles. The van der Waals surface area contributed by atoms with E-state index < -0.39 is 11.7 Å². The highest BCUT2D eigenvalue weighted by atomic mass is 19.4. The first-order valence-corrected chi connectivity index (χ1v) is 12.8. The summed E-state index contributed by atoms with van der Waals surface area (Å²) in [4.78, 5) is 31.5. The Balaban J connectivity index is 0.982. The normalized spacial score (nSPS) is 29.4. The summed E-state index contributed by atoms with van der Waals surface area (Å²) in [6.45, 7) is 4.69. The standard InChI is InChI=1S/C26H34F3N3O2/c27-26(28,29)20-6-5-7-21(17-20)31-14-12-30(13-15-31)10-3-1-2-4-11-32-24(33)22-18-8-9-19(16-18)23(22)25(32)34/h5-7,17-19,22-23H,1-4,8-16H2/t18-,19+,22+,23-. The van der Waals surface area contributed by atoms with Crippen LogP contribution in [0.3, 0.4) is 0 Å². The number of hydrogen-bond acceptors (Lipinski definition) is 4. The second-order valence-corrected chi connectivity index (χ2v) is 10.5. The summed E-state index contributed by atoms with van der Waals surface area (Å²) in [5.74, 6) is 1.07. The number of amides is 2. The smallest absolute Gasteiger partial charge is 0.369 e. The fraction of sp³-hybridized carbons (Fsp3) is 0.692. The fourth-order valence-corrected chi connectivity index (χ4v) is 6.76. The molecule has 2 aliphatic carbocycles. The van der Waals surface area contributed by atoms with Gasteiger partial charge in [-0.1, -0.05) is 18.9 Å². The quantitative estimate of drug-likeness (QED) is 0.411. The number of anilines is 1. The maximum Gasteiger partial charge on any atom is 0.416 e. The van der Waals surface area contributed by atoms with E-state index in [2.05, 4.69) is 4.90 Å². The number of benzene rings is 1. The zero-order valence-electron chi connectivity index (χ0n) is 19.6. The minimum Gasteiger partial charge on any atom is -0.369 e. The van der Waals surface area contributed by atoms with Crippen LogP contribution in [0.5, 0.6) is 0 Å². The van der Waals surface area contributed by atoms with Gasteiger partial charge in [0, 0.05) is 38.4 Å². The number of carbonyl (C=O) groups is 2. The first-order valence-electron chi connectivity index (χ1n) is 12.8. The summed E-state index contributed by atoms with van der Waals surface area (Å²) < 4.78 is 38.9. The Kier molecular flexibility index (Phi) is 6.62. The van der Waals surface area contributed by atoms with Gasteiger partial charge in [0.05, 0.1) is 17.4 Å². The lowest BCUT2D eigenvalue weighted by molar-refractivity contribution is -0.141. The fourth-order valence-electron chi connectivity index (χ4n) is 6.76. The van der Waals surface area contributed by atoms with Crippen LogP contribution >= 0.6 is 0 Å². The summed E-state index contributed by atoms with van der Waals surface area (Å²) in [5, 5.41) is 0. The summed E-state index contributed by atoms with van der Waals surface area (Å²) in [7, 11) is 0. The molecule has 2 amide bonds. The number of alkyl halides is 3. The van der Waals surface area contributed by atoms with E-state index in [1.54, 1.807) is 11.0 Å². The lowest BCUT2D eigenvalue weighted by Gasteiger charge is -2.36. The Morgan fingerprint density at radius 2 is 1.44 bits per heavy atom. The molecule has 2 heterocycles. The number of rotatable bonds is 8. The molecule has 34 heavy (non-hydrogen) atoms. The summed E-state index contributed by atoms with van der Waals surface area (Å²) in [6, 6.07) is 5.58. The Morgan fingerprint density at radius 3 is 2.06 bits per heavy atom. The Morgan fingerprint density at radius 1 is 0.824 bits per heavy atom. The highest BCUT2D eigenvalue weighted by Gasteiger charge is 2.60. The molecule has 0 N–H and O–H groups in total. The number of carbonyl (C=O) groups excluding carboxylic acids is 2. The van der Waals surface area contributed by atoms with E-state index in [4.69, 9.17) is 0 Å². The SMILES string of the molecule is O=C1[C@@H]2[C@H]3CC[C@H](C3)[C@@H]2C(=O)N1CCCCCCN1CCN(c2cccc(C(F)(F)F)c2)CC1. The minimum absolute atomic E-state index is 0.0131. The zero-order valence-corrected chi connectivity index (χ0v) is 19.6.